The van der Waals surface area contributed by atoms with Crippen LogP contribution in [-0.4, -0.2) is 40.2 Å². The summed E-state index contributed by atoms with van der Waals surface area (Å²) in [5.41, 5.74) is 0. The first-order valence-electron chi connectivity index (χ1n) is 4.61. The number of amides is 1. The van der Waals surface area contributed by atoms with E-state index in [2.05, 4.69) is 22.9 Å². The van der Waals surface area contributed by atoms with Crippen molar-refractivity contribution in [2.45, 2.75) is 31.1 Å². The average molecular weight is 266 g/mol. The SMILES string of the molecule is CC(CBr)N(C)C(=O)C1CCCS1. The van der Waals surface area contributed by atoms with Crippen molar-refractivity contribution in [2.75, 3.05) is 18.1 Å². The zero-order valence-electron chi connectivity index (χ0n) is 8.12. The minimum atomic E-state index is 0.228. The van der Waals surface area contributed by atoms with Crippen molar-refractivity contribution in [1.82, 2.24) is 4.90 Å². The molecule has 1 aliphatic rings. The Bertz CT molecular complexity index is 182. The smallest absolute Gasteiger partial charge is 0.235 e. The molecule has 0 aromatic heterocycles. The predicted molar refractivity (Wildman–Crippen MR) is 61.5 cm³/mol. The topological polar surface area (TPSA) is 20.3 Å². The number of thioether (sulfide) groups is 1. The van der Waals surface area contributed by atoms with E-state index in [1.54, 1.807) is 11.8 Å². The molecule has 1 amide bonds. The van der Waals surface area contributed by atoms with Gasteiger partial charge in [0.1, 0.15) is 0 Å². The summed E-state index contributed by atoms with van der Waals surface area (Å²) in [6, 6.07) is 0.300. The first kappa shape index (κ1) is 11.4. The fourth-order valence-electron chi connectivity index (χ4n) is 1.32. The fraction of sp³-hybridized carbons (Fsp3) is 0.889. The van der Waals surface area contributed by atoms with E-state index >= 15 is 0 Å². The number of hydrogen-bond donors (Lipinski definition) is 0. The van der Waals surface area contributed by atoms with Gasteiger partial charge in [0.15, 0.2) is 0 Å². The summed E-state index contributed by atoms with van der Waals surface area (Å²) in [7, 11) is 1.90. The van der Waals surface area contributed by atoms with E-state index in [0.717, 1.165) is 17.5 Å². The molecule has 0 bridgehead atoms. The minimum Gasteiger partial charge on any atom is -0.341 e. The van der Waals surface area contributed by atoms with Gasteiger partial charge in [-0.3, -0.25) is 4.79 Å². The van der Waals surface area contributed by atoms with Gasteiger partial charge in [-0.05, 0) is 25.5 Å². The molecule has 0 aromatic rings. The van der Waals surface area contributed by atoms with Gasteiger partial charge in [-0.25, -0.2) is 0 Å². The van der Waals surface area contributed by atoms with Crippen LogP contribution in [0.2, 0.25) is 0 Å². The highest BCUT2D eigenvalue weighted by Gasteiger charge is 2.27. The van der Waals surface area contributed by atoms with Crippen molar-refractivity contribution in [1.29, 1.82) is 0 Å². The van der Waals surface area contributed by atoms with Gasteiger partial charge in [-0.1, -0.05) is 15.9 Å². The van der Waals surface area contributed by atoms with E-state index < -0.39 is 0 Å². The first-order valence-corrected chi connectivity index (χ1v) is 6.78. The van der Waals surface area contributed by atoms with Crippen molar-refractivity contribution in [3.63, 3.8) is 0 Å². The van der Waals surface area contributed by atoms with Crippen molar-refractivity contribution < 1.29 is 4.79 Å². The van der Waals surface area contributed by atoms with Crippen LogP contribution in [0.1, 0.15) is 19.8 Å². The zero-order chi connectivity index (χ0) is 9.84. The maximum Gasteiger partial charge on any atom is 0.235 e. The second-order valence-electron chi connectivity index (χ2n) is 3.45. The number of alkyl halides is 1. The van der Waals surface area contributed by atoms with Gasteiger partial charge < -0.3 is 4.90 Å². The summed E-state index contributed by atoms with van der Waals surface area (Å²) in [5, 5.41) is 1.08. The number of carbonyl (C=O) groups is 1. The summed E-state index contributed by atoms with van der Waals surface area (Å²) < 4.78 is 0. The lowest BCUT2D eigenvalue weighted by molar-refractivity contribution is -0.130. The summed E-state index contributed by atoms with van der Waals surface area (Å²) in [5.74, 6) is 1.45. The molecule has 0 saturated carbocycles. The molecule has 4 heteroatoms. The van der Waals surface area contributed by atoms with Crippen LogP contribution in [0.25, 0.3) is 0 Å². The van der Waals surface area contributed by atoms with E-state index in [-0.39, 0.29) is 5.25 Å². The molecule has 1 fully saturated rings. The molecule has 0 N–H and O–H groups in total. The monoisotopic (exact) mass is 265 g/mol. The summed E-state index contributed by atoms with van der Waals surface area (Å²) >= 11 is 5.19. The molecular formula is C9H16BrNOS. The molecule has 13 heavy (non-hydrogen) atoms. The Labute approximate surface area is 92.6 Å². The molecule has 0 aromatic carbocycles. The lowest BCUT2D eigenvalue weighted by Crippen LogP contribution is -2.40. The number of nitrogens with zero attached hydrogens (tertiary/aromatic N) is 1. The van der Waals surface area contributed by atoms with Crippen LogP contribution in [0.4, 0.5) is 0 Å². The molecular weight excluding hydrogens is 250 g/mol. The second kappa shape index (κ2) is 5.25. The zero-order valence-corrected chi connectivity index (χ0v) is 10.5. The van der Waals surface area contributed by atoms with Crippen LogP contribution in [0.5, 0.6) is 0 Å². The second-order valence-corrected chi connectivity index (χ2v) is 5.41. The fourth-order valence-corrected chi connectivity index (χ4v) is 3.01. The highest BCUT2D eigenvalue weighted by Crippen LogP contribution is 2.27. The van der Waals surface area contributed by atoms with Crippen LogP contribution < -0.4 is 0 Å². The summed E-state index contributed by atoms with van der Waals surface area (Å²) in [4.78, 5) is 13.7. The van der Waals surface area contributed by atoms with Gasteiger partial charge in [0, 0.05) is 18.4 Å². The van der Waals surface area contributed by atoms with Crippen molar-refractivity contribution in [3.8, 4) is 0 Å². The molecule has 1 rings (SSSR count). The van der Waals surface area contributed by atoms with Crippen LogP contribution in [0.3, 0.4) is 0 Å². The Hall–Kier alpha value is 0.300. The van der Waals surface area contributed by atoms with E-state index in [4.69, 9.17) is 0 Å². The molecule has 0 aliphatic carbocycles. The third-order valence-corrected chi connectivity index (χ3v) is 4.74. The quantitative estimate of drug-likeness (QED) is 0.729. The van der Waals surface area contributed by atoms with Gasteiger partial charge in [-0.2, -0.15) is 0 Å². The van der Waals surface area contributed by atoms with Crippen LogP contribution >= 0.6 is 27.7 Å². The Morgan fingerprint density at radius 1 is 1.77 bits per heavy atom. The normalized spacial score (nSPS) is 24.4. The van der Waals surface area contributed by atoms with E-state index in [9.17, 15) is 4.79 Å². The number of rotatable bonds is 3. The van der Waals surface area contributed by atoms with Crippen LogP contribution in [0.15, 0.2) is 0 Å². The molecule has 2 atom stereocenters. The van der Waals surface area contributed by atoms with Gasteiger partial charge in [0.25, 0.3) is 0 Å². The Balaban J connectivity index is 2.45. The molecule has 2 unspecified atom stereocenters. The van der Waals surface area contributed by atoms with Gasteiger partial charge in [-0.15, -0.1) is 11.8 Å². The minimum absolute atomic E-state index is 0.228. The number of hydrogen-bond acceptors (Lipinski definition) is 2. The predicted octanol–water partition coefficient (Wildman–Crippen LogP) is 2.12. The van der Waals surface area contributed by atoms with Crippen LogP contribution in [-0.2, 0) is 4.79 Å². The van der Waals surface area contributed by atoms with Crippen molar-refractivity contribution >= 4 is 33.6 Å². The van der Waals surface area contributed by atoms with Crippen molar-refractivity contribution in [3.05, 3.63) is 0 Å². The summed E-state index contributed by atoms with van der Waals surface area (Å²) in [6.45, 7) is 2.06. The standard InChI is InChI=1S/C9H16BrNOS/c1-7(6-10)11(2)9(12)8-4-3-5-13-8/h7-8H,3-6H2,1-2H3. The maximum atomic E-state index is 11.8. The third kappa shape index (κ3) is 2.88. The van der Waals surface area contributed by atoms with Gasteiger partial charge in [0.05, 0.1) is 5.25 Å². The largest absolute Gasteiger partial charge is 0.341 e. The first-order chi connectivity index (χ1) is 6.16. The molecule has 76 valence electrons. The average Bonchev–Trinajstić information content (AvgIpc) is 2.67. The van der Waals surface area contributed by atoms with E-state index in [0.29, 0.717) is 11.9 Å². The molecule has 0 radical (unpaired) electrons. The number of carbonyl (C=O) groups excluding carboxylic acids is 1. The van der Waals surface area contributed by atoms with Crippen LogP contribution in [0, 0.1) is 0 Å². The number of halogens is 1. The lowest BCUT2D eigenvalue weighted by atomic mass is 10.2. The molecule has 1 saturated heterocycles. The molecule has 1 aliphatic heterocycles. The lowest BCUT2D eigenvalue weighted by Gasteiger charge is -2.25. The molecule has 1 heterocycles. The van der Waals surface area contributed by atoms with Gasteiger partial charge in [0.2, 0.25) is 5.91 Å². The Morgan fingerprint density at radius 3 is 2.92 bits per heavy atom. The molecule has 2 nitrogen and oxygen atoms in total. The highest BCUT2D eigenvalue weighted by molar-refractivity contribution is 9.09. The Morgan fingerprint density at radius 2 is 2.46 bits per heavy atom. The van der Waals surface area contributed by atoms with E-state index in [1.807, 2.05) is 11.9 Å². The van der Waals surface area contributed by atoms with Gasteiger partial charge >= 0.3 is 0 Å². The highest BCUT2D eigenvalue weighted by atomic mass is 79.9. The third-order valence-electron chi connectivity index (χ3n) is 2.44. The maximum absolute atomic E-state index is 11.8. The molecule has 0 spiro atoms. The summed E-state index contributed by atoms with van der Waals surface area (Å²) in [6.07, 6.45) is 2.25. The Kier molecular flexibility index (Phi) is 4.59. The van der Waals surface area contributed by atoms with Crippen molar-refractivity contribution in [2.24, 2.45) is 0 Å². The van der Waals surface area contributed by atoms with E-state index in [1.165, 1.54) is 6.42 Å².